The van der Waals surface area contributed by atoms with Crippen LogP contribution in [0.25, 0.3) is 10.9 Å². The first-order valence-electron chi connectivity index (χ1n) is 6.37. The van der Waals surface area contributed by atoms with Gasteiger partial charge in [0.05, 0.1) is 18.8 Å². The first-order valence-corrected chi connectivity index (χ1v) is 6.37. The molecule has 1 aromatic heterocycles. The van der Waals surface area contributed by atoms with Gasteiger partial charge >= 0.3 is 5.97 Å². The molecule has 0 radical (unpaired) electrons. The van der Waals surface area contributed by atoms with E-state index in [0.717, 1.165) is 43.8 Å². The zero-order chi connectivity index (χ0) is 13.2. The number of carboxylic acid groups (broad SMARTS) is 1. The third kappa shape index (κ3) is 2.95. The third-order valence-electron chi connectivity index (χ3n) is 3.51. The molecule has 0 amide bonds. The first-order chi connectivity index (χ1) is 9.24. The summed E-state index contributed by atoms with van der Waals surface area (Å²) in [7, 11) is 0. The normalized spacial score (nSPS) is 16.0. The van der Waals surface area contributed by atoms with Gasteiger partial charge in [0, 0.05) is 36.7 Å². The Morgan fingerprint density at radius 1 is 1.35 bits per heavy atom. The average Bonchev–Trinajstić information content (AvgIpc) is 2.82. The molecule has 0 aliphatic carbocycles. The summed E-state index contributed by atoms with van der Waals surface area (Å²) in [5.41, 5.74) is 2.39. The van der Waals surface area contributed by atoms with E-state index in [-0.39, 0.29) is 12.4 Å². The summed E-state index contributed by atoms with van der Waals surface area (Å²) < 4.78 is 5.33. The van der Waals surface area contributed by atoms with Crippen LogP contribution in [0, 0.1) is 0 Å². The fourth-order valence-electron chi connectivity index (χ4n) is 2.45. The van der Waals surface area contributed by atoms with Crippen molar-refractivity contribution in [3.8, 4) is 0 Å². The molecule has 0 unspecified atom stereocenters. The maximum absolute atomic E-state index is 10.9. The molecular weight excluding hydrogens is 280 g/mol. The minimum atomic E-state index is -0.897. The maximum atomic E-state index is 10.9. The Morgan fingerprint density at radius 2 is 2.10 bits per heavy atom. The number of rotatable bonds is 3. The Labute approximate surface area is 122 Å². The number of halogens is 1. The summed E-state index contributed by atoms with van der Waals surface area (Å²) in [4.78, 5) is 16.4. The smallest absolute Gasteiger partial charge is 0.335 e. The molecule has 2 heterocycles. The molecule has 6 heteroatoms. The van der Waals surface area contributed by atoms with Gasteiger partial charge in [0.2, 0.25) is 0 Å². The fourth-order valence-corrected chi connectivity index (χ4v) is 2.45. The molecular formula is C14H17ClN2O3. The van der Waals surface area contributed by atoms with Crippen molar-refractivity contribution in [2.75, 3.05) is 26.3 Å². The lowest BCUT2D eigenvalue weighted by atomic mass is 10.1. The number of benzene rings is 1. The van der Waals surface area contributed by atoms with Gasteiger partial charge in [-0.1, -0.05) is 6.07 Å². The number of hydrogen-bond donors (Lipinski definition) is 2. The standard InChI is InChI=1S/C14H16N2O3.ClH/c17-14(18)10-1-2-12-11(8-15-13(12)7-10)9-16-3-5-19-6-4-16;/h1-2,7-8,15H,3-6,9H2,(H,17,18);1H. The van der Waals surface area contributed by atoms with Crippen molar-refractivity contribution >= 4 is 29.3 Å². The second-order valence-electron chi connectivity index (χ2n) is 4.77. The maximum Gasteiger partial charge on any atom is 0.335 e. The predicted octanol–water partition coefficient (Wildman–Crippen LogP) is 2.12. The number of fused-ring (bicyclic) bond motifs is 1. The van der Waals surface area contributed by atoms with Gasteiger partial charge in [-0.15, -0.1) is 12.4 Å². The number of aromatic nitrogens is 1. The van der Waals surface area contributed by atoms with E-state index in [2.05, 4.69) is 9.88 Å². The van der Waals surface area contributed by atoms with Gasteiger partial charge in [0.15, 0.2) is 0 Å². The van der Waals surface area contributed by atoms with Crippen molar-refractivity contribution in [2.45, 2.75) is 6.54 Å². The van der Waals surface area contributed by atoms with Gasteiger partial charge in [-0.2, -0.15) is 0 Å². The number of nitrogens with zero attached hydrogens (tertiary/aromatic N) is 1. The van der Waals surface area contributed by atoms with Crippen molar-refractivity contribution in [3.63, 3.8) is 0 Å². The molecule has 0 atom stereocenters. The summed E-state index contributed by atoms with van der Waals surface area (Å²) >= 11 is 0. The van der Waals surface area contributed by atoms with E-state index < -0.39 is 5.97 Å². The SMILES string of the molecule is Cl.O=C(O)c1ccc2c(CN3CCOCC3)c[nH]c2c1. The highest BCUT2D eigenvalue weighted by Crippen LogP contribution is 2.21. The molecule has 0 spiro atoms. The van der Waals surface area contributed by atoms with Crippen molar-refractivity contribution in [1.82, 2.24) is 9.88 Å². The molecule has 1 fully saturated rings. The summed E-state index contributed by atoms with van der Waals surface area (Å²) in [5.74, 6) is -0.897. The van der Waals surface area contributed by atoms with Crippen LogP contribution in [0.5, 0.6) is 0 Å². The second kappa shape index (κ2) is 6.26. The minimum Gasteiger partial charge on any atom is -0.478 e. The molecule has 0 saturated carbocycles. The first kappa shape index (κ1) is 14.8. The number of aromatic amines is 1. The molecule has 3 rings (SSSR count). The van der Waals surface area contributed by atoms with Crippen molar-refractivity contribution in [2.24, 2.45) is 0 Å². The highest BCUT2D eigenvalue weighted by Gasteiger charge is 2.14. The number of carbonyl (C=O) groups is 1. The van der Waals surface area contributed by atoms with Crippen LogP contribution >= 0.6 is 12.4 Å². The molecule has 1 saturated heterocycles. The van der Waals surface area contributed by atoms with Crippen LogP contribution in [0.15, 0.2) is 24.4 Å². The highest BCUT2D eigenvalue weighted by molar-refractivity contribution is 5.94. The van der Waals surface area contributed by atoms with Gasteiger partial charge in [0.25, 0.3) is 0 Å². The number of hydrogen-bond acceptors (Lipinski definition) is 3. The second-order valence-corrected chi connectivity index (χ2v) is 4.77. The lowest BCUT2D eigenvalue weighted by Gasteiger charge is -2.26. The van der Waals surface area contributed by atoms with Gasteiger partial charge in [0.1, 0.15) is 0 Å². The topological polar surface area (TPSA) is 65.6 Å². The molecule has 2 aromatic rings. The number of aromatic carboxylic acids is 1. The van der Waals surface area contributed by atoms with Crippen LogP contribution in [0.3, 0.4) is 0 Å². The Kier molecular flexibility index (Phi) is 4.65. The van der Waals surface area contributed by atoms with E-state index in [1.54, 1.807) is 12.1 Å². The largest absolute Gasteiger partial charge is 0.478 e. The zero-order valence-electron chi connectivity index (χ0n) is 11.0. The number of morpholine rings is 1. The lowest BCUT2D eigenvalue weighted by Crippen LogP contribution is -2.35. The van der Waals surface area contributed by atoms with E-state index in [9.17, 15) is 4.79 Å². The Morgan fingerprint density at radius 3 is 2.80 bits per heavy atom. The Bertz CT molecular complexity index is 605. The molecule has 0 bridgehead atoms. The van der Waals surface area contributed by atoms with Crippen LogP contribution in [0.1, 0.15) is 15.9 Å². The number of nitrogens with one attached hydrogen (secondary N) is 1. The van der Waals surface area contributed by atoms with Crippen LogP contribution in [-0.2, 0) is 11.3 Å². The zero-order valence-corrected chi connectivity index (χ0v) is 11.8. The Balaban J connectivity index is 0.00000147. The molecule has 2 N–H and O–H groups in total. The predicted molar refractivity (Wildman–Crippen MR) is 78.6 cm³/mol. The molecule has 1 aromatic carbocycles. The van der Waals surface area contributed by atoms with Crippen LogP contribution in [0.2, 0.25) is 0 Å². The van der Waals surface area contributed by atoms with E-state index in [1.165, 1.54) is 5.56 Å². The summed E-state index contributed by atoms with van der Waals surface area (Å²) in [6, 6.07) is 5.22. The minimum absolute atomic E-state index is 0. The van der Waals surface area contributed by atoms with Gasteiger partial charge < -0.3 is 14.8 Å². The monoisotopic (exact) mass is 296 g/mol. The molecule has 108 valence electrons. The van der Waals surface area contributed by atoms with E-state index >= 15 is 0 Å². The van der Waals surface area contributed by atoms with Crippen molar-refractivity contribution < 1.29 is 14.6 Å². The molecule has 5 nitrogen and oxygen atoms in total. The van der Waals surface area contributed by atoms with Crippen molar-refractivity contribution in [3.05, 3.63) is 35.5 Å². The summed E-state index contributed by atoms with van der Waals surface area (Å²) in [5, 5.41) is 10.1. The van der Waals surface area contributed by atoms with Gasteiger partial charge in [-0.25, -0.2) is 4.79 Å². The lowest BCUT2D eigenvalue weighted by molar-refractivity contribution is 0.0343. The van der Waals surface area contributed by atoms with E-state index in [0.29, 0.717) is 5.56 Å². The fraction of sp³-hybridized carbons (Fsp3) is 0.357. The third-order valence-corrected chi connectivity index (χ3v) is 3.51. The number of ether oxygens (including phenoxy) is 1. The van der Waals surface area contributed by atoms with E-state index in [4.69, 9.17) is 9.84 Å². The van der Waals surface area contributed by atoms with Gasteiger partial charge in [-0.05, 0) is 17.7 Å². The van der Waals surface area contributed by atoms with Gasteiger partial charge in [-0.3, -0.25) is 4.90 Å². The number of carboxylic acids is 1. The molecule has 1 aliphatic rings. The Hall–Kier alpha value is -1.56. The quantitative estimate of drug-likeness (QED) is 0.910. The van der Waals surface area contributed by atoms with Crippen molar-refractivity contribution in [1.29, 1.82) is 0 Å². The number of H-pyrrole nitrogens is 1. The van der Waals surface area contributed by atoms with Crippen LogP contribution < -0.4 is 0 Å². The molecule has 1 aliphatic heterocycles. The van der Waals surface area contributed by atoms with Crippen LogP contribution in [-0.4, -0.2) is 47.3 Å². The summed E-state index contributed by atoms with van der Waals surface area (Å²) in [6.07, 6.45) is 1.96. The summed E-state index contributed by atoms with van der Waals surface area (Å²) in [6.45, 7) is 4.33. The molecule has 20 heavy (non-hydrogen) atoms. The van der Waals surface area contributed by atoms with E-state index in [1.807, 2.05) is 12.3 Å². The average molecular weight is 297 g/mol. The van der Waals surface area contributed by atoms with Crippen LogP contribution in [0.4, 0.5) is 0 Å². The highest BCUT2D eigenvalue weighted by atomic mass is 35.5.